The predicted molar refractivity (Wildman–Crippen MR) is 65.7 cm³/mol. The fraction of sp³-hybridized carbons (Fsp3) is 0.429. The third kappa shape index (κ3) is 2.09. The van der Waals surface area contributed by atoms with Crippen molar-refractivity contribution in [2.45, 2.75) is 32.1 Å². The number of carbonyl (C=O) groups excluding carboxylic acids is 2. The number of likely N-dealkylation sites (tertiary alicyclic amines) is 1. The highest BCUT2D eigenvalue weighted by atomic mass is 16.2. The van der Waals surface area contributed by atoms with Crippen LogP contribution in [0.1, 0.15) is 43.2 Å². The normalized spacial score (nSPS) is 20.5. The zero-order valence-electron chi connectivity index (χ0n) is 10.4. The molecule has 17 heavy (non-hydrogen) atoms. The van der Waals surface area contributed by atoms with Crippen molar-refractivity contribution in [1.82, 2.24) is 4.90 Å². The number of carbonyl (C=O) groups is 2. The Bertz CT molecular complexity index is 448. The predicted octanol–water partition coefficient (Wildman–Crippen LogP) is 2.28. The monoisotopic (exact) mass is 231 g/mol. The number of hydrogen-bond donors (Lipinski definition) is 0. The van der Waals surface area contributed by atoms with E-state index in [9.17, 15) is 9.59 Å². The molecule has 0 radical (unpaired) electrons. The van der Waals surface area contributed by atoms with Gasteiger partial charge in [-0.05, 0) is 17.0 Å². The van der Waals surface area contributed by atoms with Crippen LogP contribution in [0.25, 0.3) is 0 Å². The van der Waals surface area contributed by atoms with Crippen LogP contribution in [0.4, 0.5) is 0 Å². The summed E-state index contributed by atoms with van der Waals surface area (Å²) >= 11 is 0. The molecule has 0 unspecified atom stereocenters. The Kier molecular flexibility index (Phi) is 3.01. The molecule has 0 aliphatic carbocycles. The van der Waals surface area contributed by atoms with Gasteiger partial charge in [0.2, 0.25) is 11.8 Å². The maximum atomic E-state index is 11.8. The second-order valence-corrected chi connectivity index (χ2v) is 4.87. The van der Waals surface area contributed by atoms with E-state index in [0.29, 0.717) is 12.3 Å². The van der Waals surface area contributed by atoms with Gasteiger partial charge >= 0.3 is 0 Å². The average molecular weight is 231 g/mol. The fourth-order valence-electron chi connectivity index (χ4n) is 2.13. The third-order valence-electron chi connectivity index (χ3n) is 3.39. The van der Waals surface area contributed by atoms with Crippen molar-refractivity contribution in [3.05, 3.63) is 35.4 Å². The van der Waals surface area contributed by atoms with Gasteiger partial charge in [0, 0.05) is 13.5 Å². The zero-order chi connectivity index (χ0) is 12.6. The molecule has 1 aliphatic rings. The Hall–Kier alpha value is -1.64. The minimum Gasteiger partial charge on any atom is -0.285 e. The highest BCUT2D eigenvalue weighted by Crippen LogP contribution is 2.29. The van der Waals surface area contributed by atoms with Gasteiger partial charge in [-0.15, -0.1) is 0 Å². The molecule has 1 heterocycles. The molecule has 90 valence electrons. The highest BCUT2D eigenvalue weighted by molar-refractivity contribution is 6.05. The lowest BCUT2D eigenvalue weighted by Gasteiger charge is -2.11. The first kappa shape index (κ1) is 11.8. The maximum absolute atomic E-state index is 11.8. The molecule has 1 aliphatic heterocycles. The average Bonchev–Trinajstić information content (AvgIpc) is 2.57. The highest BCUT2D eigenvalue weighted by Gasteiger charge is 2.36. The van der Waals surface area contributed by atoms with Crippen LogP contribution in [0.2, 0.25) is 0 Å². The van der Waals surface area contributed by atoms with Crippen molar-refractivity contribution >= 4 is 11.8 Å². The minimum atomic E-state index is -0.284. The van der Waals surface area contributed by atoms with Gasteiger partial charge < -0.3 is 0 Å². The molecule has 2 rings (SSSR count). The third-order valence-corrected chi connectivity index (χ3v) is 3.39. The lowest BCUT2D eigenvalue weighted by molar-refractivity contribution is -0.137. The Morgan fingerprint density at radius 3 is 2.18 bits per heavy atom. The molecule has 0 aromatic heterocycles. The van der Waals surface area contributed by atoms with Crippen LogP contribution in [0.5, 0.6) is 0 Å². The van der Waals surface area contributed by atoms with E-state index in [1.165, 1.54) is 10.5 Å². The molecular weight excluding hydrogens is 214 g/mol. The number of benzene rings is 1. The van der Waals surface area contributed by atoms with Crippen LogP contribution in [0.15, 0.2) is 24.3 Å². The van der Waals surface area contributed by atoms with Crippen molar-refractivity contribution in [3.8, 4) is 0 Å². The van der Waals surface area contributed by atoms with E-state index < -0.39 is 0 Å². The van der Waals surface area contributed by atoms with Crippen LogP contribution < -0.4 is 0 Å². The fourth-order valence-corrected chi connectivity index (χ4v) is 2.13. The number of hydrogen-bond acceptors (Lipinski definition) is 2. The second-order valence-electron chi connectivity index (χ2n) is 4.87. The van der Waals surface area contributed by atoms with Crippen molar-refractivity contribution in [3.63, 3.8) is 0 Å². The summed E-state index contributed by atoms with van der Waals surface area (Å²) in [6.45, 7) is 4.26. The van der Waals surface area contributed by atoms with Crippen LogP contribution in [0, 0.1) is 0 Å². The summed E-state index contributed by atoms with van der Waals surface area (Å²) in [6, 6.07) is 8.00. The van der Waals surface area contributed by atoms with Crippen LogP contribution in [0.3, 0.4) is 0 Å². The molecule has 0 spiro atoms. The lowest BCUT2D eigenvalue weighted by atomic mass is 9.94. The number of nitrogens with zero attached hydrogens (tertiary/aromatic N) is 1. The summed E-state index contributed by atoms with van der Waals surface area (Å²) in [4.78, 5) is 24.5. The van der Waals surface area contributed by atoms with Gasteiger partial charge in [0.15, 0.2) is 0 Å². The summed E-state index contributed by atoms with van der Waals surface area (Å²) in [7, 11) is 1.55. The summed E-state index contributed by atoms with van der Waals surface area (Å²) < 4.78 is 0. The Morgan fingerprint density at radius 1 is 1.18 bits per heavy atom. The summed E-state index contributed by atoms with van der Waals surface area (Å²) in [6.07, 6.45) is 0.302. The van der Waals surface area contributed by atoms with E-state index in [4.69, 9.17) is 0 Å². The SMILES string of the molecule is CC(C)c1ccc([C@@H]2CC(=O)N(C)C2=O)cc1. The largest absolute Gasteiger partial charge is 0.285 e. The molecular formula is C14H17NO2. The lowest BCUT2D eigenvalue weighted by Crippen LogP contribution is -2.25. The van der Waals surface area contributed by atoms with Gasteiger partial charge in [0.25, 0.3) is 0 Å². The van der Waals surface area contributed by atoms with Crippen molar-refractivity contribution in [2.24, 2.45) is 0 Å². The molecule has 2 amide bonds. The van der Waals surface area contributed by atoms with Gasteiger partial charge in [-0.3, -0.25) is 14.5 Å². The number of amides is 2. The molecule has 1 saturated heterocycles. The summed E-state index contributed by atoms with van der Waals surface area (Å²) in [5, 5.41) is 0. The molecule has 3 heteroatoms. The summed E-state index contributed by atoms with van der Waals surface area (Å²) in [5.74, 6) is 0.0154. The molecule has 0 N–H and O–H groups in total. The topological polar surface area (TPSA) is 37.4 Å². The zero-order valence-corrected chi connectivity index (χ0v) is 10.4. The van der Waals surface area contributed by atoms with Crippen molar-refractivity contribution < 1.29 is 9.59 Å². The van der Waals surface area contributed by atoms with E-state index in [0.717, 1.165) is 5.56 Å². The van der Waals surface area contributed by atoms with E-state index in [1.54, 1.807) is 7.05 Å². The summed E-state index contributed by atoms with van der Waals surface area (Å²) in [5.41, 5.74) is 2.19. The molecule has 3 nitrogen and oxygen atoms in total. The minimum absolute atomic E-state index is 0.0899. The first-order valence-electron chi connectivity index (χ1n) is 5.91. The standard InChI is InChI=1S/C14H17NO2/c1-9(2)10-4-6-11(7-5-10)12-8-13(16)15(3)14(12)17/h4-7,9,12H,8H2,1-3H3/t12-/m0/s1. The first-order chi connectivity index (χ1) is 8.00. The molecule has 0 saturated carbocycles. The van der Waals surface area contributed by atoms with Gasteiger partial charge in [0.05, 0.1) is 5.92 Å². The first-order valence-corrected chi connectivity index (χ1v) is 5.91. The second kappa shape index (κ2) is 4.32. The Labute approximate surface area is 101 Å². The Morgan fingerprint density at radius 2 is 1.76 bits per heavy atom. The van der Waals surface area contributed by atoms with E-state index in [2.05, 4.69) is 13.8 Å². The maximum Gasteiger partial charge on any atom is 0.236 e. The van der Waals surface area contributed by atoms with Crippen molar-refractivity contribution in [1.29, 1.82) is 0 Å². The van der Waals surface area contributed by atoms with E-state index in [-0.39, 0.29) is 17.7 Å². The molecule has 1 atom stereocenters. The smallest absolute Gasteiger partial charge is 0.236 e. The molecule has 1 aromatic rings. The van der Waals surface area contributed by atoms with E-state index in [1.807, 2.05) is 24.3 Å². The Balaban J connectivity index is 2.24. The van der Waals surface area contributed by atoms with Gasteiger partial charge in [-0.2, -0.15) is 0 Å². The van der Waals surface area contributed by atoms with Crippen LogP contribution in [-0.4, -0.2) is 23.8 Å². The number of imide groups is 1. The van der Waals surface area contributed by atoms with E-state index >= 15 is 0 Å². The van der Waals surface area contributed by atoms with Gasteiger partial charge in [-0.1, -0.05) is 38.1 Å². The van der Waals surface area contributed by atoms with Gasteiger partial charge in [-0.25, -0.2) is 0 Å². The quantitative estimate of drug-likeness (QED) is 0.732. The molecule has 1 fully saturated rings. The molecule has 1 aromatic carbocycles. The number of rotatable bonds is 2. The molecule has 0 bridgehead atoms. The van der Waals surface area contributed by atoms with Crippen molar-refractivity contribution in [2.75, 3.05) is 7.05 Å². The van der Waals surface area contributed by atoms with Crippen LogP contribution in [-0.2, 0) is 9.59 Å². The van der Waals surface area contributed by atoms with Gasteiger partial charge in [0.1, 0.15) is 0 Å². The van der Waals surface area contributed by atoms with Crippen LogP contribution >= 0.6 is 0 Å². The number of likely N-dealkylation sites (N-methyl/N-ethyl adjacent to an activating group) is 1.